The van der Waals surface area contributed by atoms with Crippen LogP contribution < -0.4 is 4.74 Å². The smallest absolute Gasteiger partial charge is 0.124 e. The summed E-state index contributed by atoms with van der Waals surface area (Å²) < 4.78 is 5.19. The second-order valence-electron chi connectivity index (χ2n) is 5.45. The number of likely N-dealkylation sites (N-methyl/N-ethyl adjacent to an activating group) is 1. The summed E-state index contributed by atoms with van der Waals surface area (Å²) >= 11 is 5.94. The molecular formula is C18H21ClN2O2. The van der Waals surface area contributed by atoms with Crippen molar-refractivity contribution in [3.05, 3.63) is 58.6 Å². The number of aromatic hydroxyl groups is 1. The maximum Gasteiger partial charge on any atom is 0.124 e. The average molecular weight is 333 g/mol. The fourth-order valence-corrected chi connectivity index (χ4v) is 2.45. The Balaban J connectivity index is 2.13. The monoisotopic (exact) mass is 332 g/mol. The second-order valence-corrected chi connectivity index (χ2v) is 5.89. The number of phenolic OH excluding ortho intramolecular Hbond substituents is 1. The molecule has 0 saturated carbocycles. The van der Waals surface area contributed by atoms with Gasteiger partial charge in [-0.2, -0.15) is 0 Å². The summed E-state index contributed by atoms with van der Waals surface area (Å²) in [5.41, 5.74) is 1.77. The molecule has 0 aliphatic rings. The van der Waals surface area contributed by atoms with E-state index >= 15 is 0 Å². The number of ether oxygens (including phenoxy) is 1. The largest absolute Gasteiger partial charge is 0.507 e. The van der Waals surface area contributed by atoms with Crippen LogP contribution in [-0.4, -0.2) is 44.0 Å². The predicted octanol–water partition coefficient (Wildman–Crippen LogP) is 3.78. The third kappa shape index (κ3) is 4.71. The minimum atomic E-state index is 0.137. The van der Waals surface area contributed by atoms with Crippen LogP contribution in [0.1, 0.15) is 17.2 Å². The van der Waals surface area contributed by atoms with Gasteiger partial charge in [0, 0.05) is 16.8 Å². The van der Waals surface area contributed by atoms with Gasteiger partial charge in [0.2, 0.25) is 0 Å². The Kier molecular flexibility index (Phi) is 6.02. The van der Waals surface area contributed by atoms with Crippen molar-refractivity contribution in [2.45, 2.75) is 6.04 Å². The van der Waals surface area contributed by atoms with Crippen molar-refractivity contribution in [3.63, 3.8) is 0 Å². The number of benzene rings is 2. The second kappa shape index (κ2) is 7.99. The summed E-state index contributed by atoms with van der Waals surface area (Å²) in [6.07, 6.45) is 1.65. The Hall–Kier alpha value is -2.04. The van der Waals surface area contributed by atoms with Crippen LogP contribution in [0.4, 0.5) is 0 Å². The molecule has 4 nitrogen and oxygen atoms in total. The lowest BCUT2D eigenvalue weighted by Crippen LogP contribution is -2.22. The standard InChI is InChI=1S/C18H21ClN2O2/c1-21(2)17(13-4-7-16(23-3)8-5-13)12-20-11-14-10-15(19)6-9-18(14)22/h4-11,17,22H,12H2,1-3H3/t17-/m0/s1. The summed E-state index contributed by atoms with van der Waals surface area (Å²) in [4.78, 5) is 6.58. The van der Waals surface area contributed by atoms with E-state index in [-0.39, 0.29) is 11.8 Å². The van der Waals surface area contributed by atoms with Gasteiger partial charge >= 0.3 is 0 Å². The average Bonchev–Trinajstić information content (AvgIpc) is 2.54. The van der Waals surface area contributed by atoms with Gasteiger partial charge in [-0.25, -0.2) is 0 Å². The van der Waals surface area contributed by atoms with Crippen LogP contribution in [0.25, 0.3) is 0 Å². The number of rotatable bonds is 6. The molecule has 5 heteroatoms. The summed E-state index contributed by atoms with van der Waals surface area (Å²) in [6, 6.07) is 13.0. The van der Waals surface area contributed by atoms with Gasteiger partial charge in [0.1, 0.15) is 11.5 Å². The van der Waals surface area contributed by atoms with E-state index in [9.17, 15) is 5.11 Å². The number of hydrogen-bond acceptors (Lipinski definition) is 4. The highest BCUT2D eigenvalue weighted by atomic mass is 35.5. The molecule has 0 spiro atoms. The Morgan fingerprint density at radius 1 is 1.22 bits per heavy atom. The predicted molar refractivity (Wildman–Crippen MR) is 95.0 cm³/mol. The van der Waals surface area contributed by atoms with Gasteiger partial charge in [-0.15, -0.1) is 0 Å². The van der Waals surface area contributed by atoms with Gasteiger partial charge in [-0.1, -0.05) is 23.7 Å². The molecular weight excluding hydrogens is 312 g/mol. The third-order valence-electron chi connectivity index (χ3n) is 3.62. The summed E-state index contributed by atoms with van der Waals surface area (Å²) in [5, 5.41) is 10.4. The molecule has 2 rings (SSSR count). The Labute approximate surface area is 142 Å². The molecule has 0 aromatic heterocycles. The zero-order chi connectivity index (χ0) is 16.8. The van der Waals surface area contributed by atoms with Gasteiger partial charge < -0.3 is 14.7 Å². The first-order valence-electron chi connectivity index (χ1n) is 7.30. The fraction of sp³-hybridized carbons (Fsp3) is 0.278. The van der Waals surface area contributed by atoms with Crippen LogP contribution in [0, 0.1) is 0 Å². The SMILES string of the molecule is COc1ccc([C@H](CN=Cc2cc(Cl)ccc2O)N(C)C)cc1. The van der Waals surface area contributed by atoms with E-state index in [1.54, 1.807) is 31.5 Å². The quantitative estimate of drug-likeness (QED) is 0.819. The van der Waals surface area contributed by atoms with Gasteiger partial charge in [-0.05, 0) is 50.0 Å². The molecule has 0 aliphatic heterocycles. The van der Waals surface area contributed by atoms with Crippen LogP contribution in [0.2, 0.25) is 5.02 Å². The zero-order valence-electron chi connectivity index (χ0n) is 13.5. The number of methoxy groups -OCH3 is 1. The van der Waals surface area contributed by atoms with Crippen molar-refractivity contribution in [1.29, 1.82) is 0 Å². The Morgan fingerprint density at radius 2 is 1.91 bits per heavy atom. The topological polar surface area (TPSA) is 45.1 Å². The first kappa shape index (κ1) is 17.3. The van der Waals surface area contributed by atoms with Crippen LogP contribution in [0.5, 0.6) is 11.5 Å². The van der Waals surface area contributed by atoms with Crippen molar-refractivity contribution in [2.75, 3.05) is 27.7 Å². The molecule has 23 heavy (non-hydrogen) atoms. The van der Waals surface area contributed by atoms with E-state index in [0.717, 1.165) is 11.3 Å². The van der Waals surface area contributed by atoms with Crippen LogP contribution >= 0.6 is 11.6 Å². The molecule has 0 bridgehead atoms. The lowest BCUT2D eigenvalue weighted by atomic mass is 10.1. The van der Waals surface area contributed by atoms with E-state index < -0.39 is 0 Å². The molecule has 122 valence electrons. The molecule has 0 unspecified atom stereocenters. The zero-order valence-corrected chi connectivity index (χ0v) is 14.3. The minimum Gasteiger partial charge on any atom is -0.507 e. The maximum atomic E-state index is 9.81. The molecule has 1 N–H and O–H groups in total. The van der Waals surface area contributed by atoms with Crippen LogP contribution in [-0.2, 0) is 0 Å². The van der Waals surface area contributed by atoms with Crippen molar-refractivity contribution < 1.29 is 9.84 Å². The molecule has 0 saturated heterocycles. The molecule has 0 radical (unpaired) electrons. The normalized spacial score (nSPS) is 12.7. The summed E-state index contributed by atoms with van der Waals surface area (Å²) in [5.74, 6) is 1.00. The van der Waals surface area contributed by atoms with Gasteiger partial charge in [0.15, 0.2) is 0 Å². The number of hydrogen-bond donors (Lipinski definition) is 1. The van der Waals surface area contributed by atoms with Crippen LogP contribution in [0.15, 0.2) is 47.5 Å². The molecule has 0 aliphatic carbocycles. The first-order valence-corrected chi connectivity index (χ1v) is 7.67. The molecule has 0 heterocycles. The highest BCUT2D eigenvalue weighted by Crippen LogP contribution is 2.23. The van der Waals surface area contributed by atoms with E-state index in [1.807, 2.05) is 38.4 Å². The molecule has 2 aromatic carbocycles. The van der Waals surface area contributed by atoms with Gasteiger partial charge in [0.25, 0.3) is 0 Å². The summed E-state index contributed by atoms with van der Waals surface area (Å²) in [6.45, 7) is 0.575. The van der Waals surface area contributed by atoms with Crippen molar-refractivity contribution >= 4 is 17.8 Å². The van der Waals surface area contributed by atoms with Gasteiger partial charge in [-0.3, -0.25) is 4.99 Å². The van der Waals surface area contributed by atoms with E-state index in [4.69, 9.17) is 16.3 Å². The molecule has 0 fully saturated rings. The highest BCUT2D eigenvalue weighted by Gasteiger charge is 2.13. The van der Waals surface area contributed by atoms with E-state index in [1.165, 1.54) is 0 Å². The minimum absolute atomic E-state index is 0.137. The fourth-order valence-electron chi connectivity index (χ4n) is 2.27. The van der Waals surface area contributed by atoms with Crippen molar-refractivity contribution in [2.24, 2.45) is 4.99 Å². The number of nitrogens with zero attached hydrogens (tertiary/aromatic N) is 2. The van der Waals surface area contributed by atoms with Crippen LogP contribution in [0.3, 0.4) is 0 Å². The molecule has 0 amide bonds. The lowest BCUT2D eigenvalue weighted by Gasteiger charge is -2.23. The van der Waals surface area contributed by atoms with Crippen molar-refractivity contribution in [1.82, 2.24) is 4.90 Å². The third-order valence-corrected chi connectivity index (χ3v) is 3.86. The van der Waals surface area contributed by atoms with Gasteiger partial charge in [0.05, 0.1) is 19.7 Å². The molecule has 1 atom stereocenters. The molecule has 2 aromatic rings. The summed E-state index contributed by atoms with van der Waals surface area (Å²) in [7, 11) is 5.68. The van der Waals surface area contributed by atoms with E-state index in [0.29, 0.717) is 17.1 Å². The number of phenols is 1. The van der Waals surface area contributed by atoms with E-state index in [2.05, 4.69) is 9.89 Å². The number of aliphatic imine (C=N–C) groups is 1. The highest BCUT2D eigenvalue weighted by molar-refractivity contribution is 6.30. The maximum absolute atomic E-state index is 9.81. The Morgan fingerprint density at radius 3 is 2.52 bits per heavy atom. The number of halogens is 1. The lowest BCUT2D eigenvalue weighted by molar-refractivity contribution is 0.306. The first-order chi connectivity index (χ1) is 11.0. The Bertz CT molecular complexity index is 669. The van der Waals surface area contributed by atoms with Crippen molar-refractivity contribution in [3.8, 4) is 11.5 Å².